The van der Waals surface area contributed by atoms with Gasteiger partial charge in [0.2, 0.25) is 0 Å². The second-order valence-corrected chi connectivity index (χ2v) is 9.72. The van der Waals surface area contributed by atoms with Crippen molar-refractivity contribution in [3.63, 3.8) is 0 Å². The maximum absolute atomic E-state index is 11.2. The van der Waals surface area contributed by atoms with Crippen LogP contribution in [0.4, 0.5) is 0 Å². The Balaban J connectivity index is 1.60. The summed E-state index contributed by atoms with van der Waals surface area (Å²) in [6.07, 6.45) is 9.52. The van der Waals surface area contributed by atoms with Crippen LogP contribution in [0.5, 0.6) is 0 Å². The molecule has 1 nitrogen and oxygen atoms in total. The van der Waals surface area contributed by atoms with Crippen LogP contribution in [-0.4, -0.2) is 4.58 Å². The van der Waals surface area contributed by atoms with E-state index in [9.17, 15) is 4.79 Å². The van der Waals surface area contributed by atoms with Gasteiger partial charge in [-0.05, 0) is 6.42 Å². The summed E-state index contributed by atoms with van der Waals surface area (Å²) in [7, 11) is 0. The Morgan fingerprint density at radius 1 is 0.941 bits per heavy atom. The van der Waals surface area contributed by atoms with E-state index in [0.717, 1.165) is 0 Å². The minimum absolute atomic E-state index is 0.257. The molecule has 0 saturated heterocycles. The van der Waals surface area contributed by atoms with E-state index in [4.69, 9.17) is 0 Å². The Labute approximate surface area is 119 Å². The lowest BCUT2D eigenvalue weighted by molar-refractivity contribution is 0.600. The quantitative estimate of drug-likeness (QED) is 0.624. The van der Waals surface area contributed by atoms with Gasteiger partial charge in [-0.1, -0.05) is 91.6 Å². The van der Waals surface area contributed by atoms with E-state index in [1.807, 2.05) is 23.5 Å². The van der Waals surface area contributed by atoms with Gasteiger partial charge in [-0.3, -0.25) is 4.79 Å². The van der Waals surface area contributed by atoms with E-state index in [1.54, 1.807) is 0 Å². The molecule has 0 aliphatic carbocycles. The summed E-state index contributed by atoms with van der Waals surface area (Å²) >= 11 is 6.71. The lowest BCUT2D eigenvalue weighted by Crippen LogP contribution is -1.92. The number of unbranched alkanes of at least 4 members (excludes halogenated alkanes) is 5. The largest absolute Gasteiger partial charge is 0.289 e. The zero-order chi connectivity index (χ0) is 12.1. The van der Waals surface area contributed by atoms with Gasteiger partial charge >= 0.3 is 0 Å². The first kappa shape index (κ1) is 14.0. The van der Waals surface area contributed by atoms with E-state index in [2.05, 4.69) is 6.92 Å². The lowest BCUT2D eigenvalue weighted by Gasteiger charge is -2.06. The summed E-state index contributed by atoms with van der Waals surface area (Å²) < 4.78 is 3.49. The van der Waals surface area contributed by atoms with Crippen molar-refractivity contribution in [2.45, 2.75) is 64.9 Å². The molecule has 2 heterocycles. The standard InChI is InChI=1S/C12H18OS4/c1-2-3-4-5-6-7-8-9-14-10-11(15-9)17-12(13)16-10/h9H,2-8H2,1H3. The highest BCUT2D eigenvalue weighted by atomic mass is 32.2. The van der Waals surface area contributed by atoms with Crippen molar-refractivity contribution < 1.29 is 0 Å². The fourth-order valence-corrected chi connectivity index (χ4v) is 8.31. The van der Waals surface area contributed by atoms with E-state index < -0.39 is 0 Å². The number of rotatable bonds is 7. The summed E-state index contributed by atoms with van der Waals surface area (Å²) in [6.45, 7) is 2.26. The molecule has 0 radical (unpaired) electrons. The molecule has 0 spiro atoms. The third-order valence-electron chi connectivity index (χ3n) is 2.79. The molecular formula is C12H18OS4. The van der Waals surface area contributed by atoms with Crippen LogP contribution >= 0.6 is 46.2 Å². The van der Waals surface area contributed by atoms with Crippen LogP contribution in [0.25, 0.3) is 0 Å². The number of hydrogen-bond donors (Lipinski definition) is 0. The third-order valence-corrected chi connectivity index (χ3v) is 8.41. The first-order chi connectivity index (χ1) is 8.29. The first-order valence-corrected chi connectivity index (χ1v) is 9.66. The Hall–Kier alpha value is 0.550. The van der Waals surface area contributed by atoms with Crippen LogP contribution in [0, 0.1) is 0 Å². The summed E-state index contributed by atoms with van der Waals surface area (Å²) in [5.74, 6) is 0. The molecule has 0 amide bonds. The number of hydrogen-bond acceptors (Lipinski definition) is 5. The third kappa shape index (κ3) is 4.30. The van der Waals surface area contributed by atoms with Gasteiger partial charge in [0.25, 0.3) is 4.06 Å². The zero-order valence-electron chi connectivity index (χ0n) is 10.1. The molecule has 0 atom stereocenters. The van der Waals surface area contributed by atoms with Crippen LogP contribution < -0.4 is 4.06 Å². The highest BCUT2D eigenvalue weighted by molar-refractivity contribution is 8.21. The molecule has 1 aromatic rings. The minimum Gasteiger partial charge on any atom is -0.265 e. The van der Waals surface area contributed by atoms with Gasteiger partial charge in [0.1, 0.15) is 0 Å². The molecule has 0 unspecified atom stereocenters. The predicted molar refractivity (Wildman–Crippen MR) is 82.0 cm³/mol. The number of thioether (sulfide) groups is 2. The van der Waals surface area contributed by atoms with Crippen molar-refractivity contribution in [2.75, 3.05) is 0 Å². The molecule has 0 aromatic carbocycles. The van der Waals surface area contributed by atoms with Gasteiger partial charge in [-0.15, -0.1) is 0 Å². The van der Waals surface area contributed by atoms with Crippen LogP contribution in [0.2, 0.25) is 0 Å². The molecule has 1 aliphatic rings. The summed E-state index contributed by atoms with van der Waals surface area (Å²) in [4.78, 5) is 11.2. The van der Waals surface area contributed by atoms with Gasteiger partial charge in [-0.25, -0.2) is 0 Å². The summed E-state index contributed by atoms with van der Waals surface area (Å²) in [5.41, 5.74) is 0. The molecule has 96 valence electrons. The van der Waals surface area contributed by atoms with Crippen LogP contribution in [0.3, 0.4) is 0 Å². The van der Waals surface area contributed by atoms with Crippen molar-refractivity contribution in [1.29, 1.82) is 0 Å². The van der Waals surface area contributed by atoms with Crippen LogP contribution in [-0.2, 0) is 0 Å². The van der Waals surface area contributed by atoms with Crippen molar-refractivity contribution in [3.8, 4) is 0 Å². The van der Waals surface area contributed by atoms with Gasteiger partial charge in [0, 0.05) is 0 Å². The first-order valence-electron chi connectivity index (χ1n) is 6.27. The molecule has 17 heavy (non-hydrogen) atoms. The van der Waals surface area contributed by atoms with Crippen molar-refractivity contribution in [1.82, 2.24) is 0 Å². The average molecular weight is 307 g/mol. The maximum Gasteiger partial charge on any atom is 0.289 e. The van der Waals surface area contributed by atoms with Gasteiger partial charge < -0.3 is 0 Å². The molecule has 0 saturated carbocycles. The van der Waals surface area contributed by atoms with E-state index in [0.29, 0.717) is 4.58 Å². The predicted octanol–water partition coefficient (Wildman–Crippen LogP) is 5.44. The fraction of sp³-hybridized carbons (Fsp3) is 0.750. The normalized spacial score (nSPS) is 15.4. The second-order valence-electron chi connectivity index (χ2n) is 4.25. The molecule has 2 rings (SSSR count). The molecule has 1 aliphatic heterocycles. The number of fused-ring (bicyclic) bond motifs is 1. The highest BCUT2D eigenvalue weighted by Crippen LogP contribution is 2.52. The topological polar surface area (TPSA) is 17.1 Å². The lowest BCUT2D eigenvalue weighted by atomic mass is 10.1. The second kappa shape index (κ2) is 7.22. The minimum atomic E-state index is 0.257. The monoisotopic (exact) mass is 306 g/mol. The van der Waals surface area contributed by atoms with Gasteiger partial charge in [0.05, 0.1) is 13.0 Å². The average Bonchev–Trinajstić information content (AvgIpc) is 2.80. The van der Waals surface area contributed by atoms with E-state index in [-0.39, 0.29) is 4.06 Å². The molecule has 1 aromatic heterocycles. The van der Waals surface area contributed by atoms with E-state index in [1.165, 1.54) is 76.0 Å². The van der Waals surface area contributed by atoms with Crippen LogP contribution in [0.1, 0.15) is 51.9 Å². The Kier molecular flexibility index (Phi) is 5.93. The molecule has 5 heteroatoms. The molecule has 0 N–H and O–H groups in total. The van der Waals surface area contributed by atoms with Crippen molar-refractivity contribution in [2.24, 2.45) is 0 Å². The van der Waals surface area contributed by atoms with Gasteiger partial charge in [0.15, 0.2) is 0 Å². The smallest absolute Gasteiger partial charge is 0.265 e. The Bertz CT molecular complexity index is 369. The molecule has 0 fully saturated rings. The van der Waals surface area contributed by atoms with Gasteiger partial charge in [-0.2, -0.15) is 0 Å². The zero-order valence-corrected chi connectivity index (χ0v) is 13.3. The van der Waals surface area contributed by atoms with Crippen LogP contribution in [0.15, 0.2) is 13.2 Å². The highest BCUT2D eigenvalue weighted by Gasteiger charge is 2.25. The maximum atomic E-state index is 11.2. The van der Waals surface area contributed by atoms with E-state index >= 15 is 0 Å². The Morgan fingerprint density at radius 2 is 1.53 bits per heavy atom. The van der Waals surface area contributed by atoms with Crippen molar-refractivity contribution >= 4 is 46.2 Å². The molecular weight excluding hydrogens is 288 g/mol. The van der Waals surface area contributed by atoms with Crippen molar-refractivity contribution in [3.05, 3.63) is 8.85 Å². The summed E-state index contributed by atoms with van der Waals surface area (Å²) in [5, 5.41) is 0. The molecule has 0 bridgehead atoms. The fourth-order valence-electron chi connectivity index (χ4n) is 1.87. The Morgan fingerprint density at radius 3 is 2.18 bits per heavy atom. The SMILES string of the molecule is CCCCCCCCC1Sc2sc(=O)sc2S1. The summed E-state index contributed by atoms with van der Waals surface area (Å²) in [6, 6.07) is 0.